The Balaban J connectivity index is 1.66. The summed E-state index contributed by atoms with van der Waals surface area (Å²) in [6.07, 6.45) is 6.98. The fourth-order valence-electron chi connectivity index (χ4n) is 5.17. The molecule has 0 radical (unpaired) electrons. The minimum absolute atomic E-state index is 0.707. The van der Waals surface area contributed by atoms with E-state index in [1.165, 1.54) is 43.5 Å². The van der Waals surface area contributed by atoms with Crippen LogP contribution >= 0.6 is 11.6 Å². The van der Waals surface area contributed by atoms with Gasteiger partial charge in [-0.3, -0.25) is 0 Å². The van der Waals surface area contributed by atoms with Crippen molar-refractivity contribution in [2.75, 3.05) is 0 Å². The van der Waals surface area contributed by atoms with Gasteiger partial charge in [0.25, 0.3) is 0 Å². The number of aliphatic imine (C=N–C) groups is 1. The second-order valence-corrected chi connectivity index (χ2v) is 7.50. The third-order valence-corrected chi connectivity index (χ3v) is 6.23. The molecule has 2 atom stereocenters. The standard InChI is InChI=1S/C17H19ClN2/c18-15-2-1-3-16-14(15)9-20-13-7-10-4-11(8-13)6-12(5-10)17(20)19-16/h1-3,10-13H,4-9H2. The van der Waals surface area contributed by atoms with E-state index in [-0.39, 0.29) is 0 Å². The van der Waals surface area contributed by atoms with Gasteiger partial charge in [-0.2, -0.15) is 0 Å². The Hall–Kier alpha value is -1.02. The SMILES string of the molecule is Clc1cccc2c1CN1C(=N2)C2CC3CC(C2)CC1C3. The van der Waals surface area contributed by atoms with Gasteiger partial charge in [0.15, 0.2) is 0 Å². The molecule has 2 saturated heterocycles. The van der Waals surface area contributed by atoms with Gasteiger partial charge < -0.3 is 4.90 Å². The van der Waals surface area contributed by atoms with E-state index in [1.54, 1.807) is 0 Å². The highest BCUT2D eigenvalue weighted by molar-refractivity contribution is 6.31. The van der Waals surface area contributed by atoms with Crippen molar-refractivity contribution in [1.82, 2.24) is 4.90 Å². The highest BCUT2D eigenvalue weighted by Gasteiger charge is 2.46. The van der Waals surface area contributed by atoms with Crippen LogP contribution in [0.3, 0.4) is 0 Å². The molecule has 5 aliphatic rings. The third-order valence-electron chi connectivity index (χ3n) is 5.87. The number of benzene rings is 1. The molecule has 0 N–H and O–H groups in total. The van der Waals surface area contributed by atoms with Crippen LogP contribution in [0.5, 0.6) is 0 Å². The van der Waals surface area contributed by atoms with E-state index < -0.39 is 0 Å². The first-order valence-electron chi connectivity index (χ1n) is 7.90. The molecule has 2 unspecified atom stereocenters. The lowest BCUT2D eigenvalue weighted by Crippen LogP contribution is -2.42. The van der Waals surface area contributed by atoms with Crippen molar-refractivity contribution in [1.29, 1.82) is 0 Å². The average molecular weight is 287 g/mol. The average Bonchev–Trinajstić information content (AvgIpc) is 2.60. The predicted molar refractivity (Wildman–Crippen MR) is 81.4 cm³/mol. The summed E-state index contributed by atoms with van der Waals surface area (Å²) < 4.78 is 0. The minimum Gasteiger partial charge on any atom is -0.352 e. The molecule has 3 aliphatic heterocycles. The maximum atomic E-state index is 6.40. The second-order valence-electron chi connectivity index (χ2n) is 7.10. The number of amidine groups is 1. The van der Waals surface area contributed by atoms with Crippen molar-refractivity contribution in [2.24, 2.45) is 22.7 Å². The van der Waals surface area contributed by atoms with E-state index in [1.807, 2.05) is 12.1 Å². The predicted octanol–water partition coefficient (Wildman–Crippen LogP) is 4.39. The Morgan fingerprint density at radius 1 is 1.05 bits per heavy atom. The van der Waals surface area contributed by atoms with Gasteiger partial charge in [0.1, 0.15) is 5.84 Å². The summed E-state index contributed by atoms with van der Waals surface area (Å²) in [4.78, 5) is 7.65. The number of fused-ring (bicyclic) bond motifs is 1. The maximum absolute atomic E-state index is 6.40. The normalized spacial score (nSPS) is 37.2. The van der Waals surface area contributed by atoms with Gasteiger partial charge in [-0.05, 0) is 56.1 Å². The van der Waals surface area contributed by atoms with Crippen LogP contribution in [0.25, 0.3) is 0 Å². The van der Waals surface area contributed by atoms with E-state index in [2.05, 4.69) is 11.0 Å². The van der Waals surface area contributed by atoms with Crippen molar-refractivity contribution in [3.05, 3.63) is 28.8 Å². The van der Waals surface area contributed by atoms with Crippen LogP contribution in [0.2, 0.25) is 5.02 Å². The van der Waals surface area contributed by atoms with Crippen molar-refractivity contribution >= 4 is 23.1 Å². The summed E-state index contributed by atoms with van der Waals surface area (Å²) in [5.41, 5.74) is 2.35. The van der Waals surface area contributed by atoms with Gasteiger partial charge in [0.2, 0.25) is 0 Å². The molecule has 2 saturated carbocycles. The summed E-state index contributed by atoms with van der Waals surface area (Å²) in [7, 11) is 0. The Morgan fingerprint density at radius 2 is 1.85 bits per heavy atom. The molecule has 3 heteroatoms. The zero-order chi connectivity index (χ0) is 13.3. The van der Waals surface area contributed by atoms with E-state index in [0.717, 1.165) is 35.1 Å². The number of hydrogen-bond acceptors (Lipinski definition) is 2. The van der Waals surface area contributed by atoms with Crippen LogP contribution in [-0.2, 0) is 6.54 Å². The molecule has 3 heterocycles. The number of nitrogens with zero attached hydrogens (tertiary/aromatic N) is 2. The molecular formula is C17H19ClN2. The summed E-state index contributed by atoms with van der Waals surface area (Å²) in [5, 5.41) is 0.884. The fourth-order valence-corrected chi connectivity index (χ4v) is 5.40. The lowest BCUT2D eigenvalue weighted by molar-refractivity contribution is 0.128. The van der Waals surface area contributed by atoms with Crippen LogP contribution < -0.4 is 0 Å². The van der Waals surface area contributed by atoms with Crippen LogP contribution in [0.4, 0.5) is 5.69 Å². The van der Waals surface area contributed by atoms with Crippen molar-refractivity contribution in [2.45, 2.75) is 44.7 Å². The molecule has 1 aromatic carbocycles. The Kier molecular flexibility index (Phi) is 2.33. The summed E-state index contributed by atoms with van der Waals surface area (Å²) >= 11 is 6.40. The zero-order valence-corrected chi connectivity index (χ0v) is 12.3. The summed E-state index contributed by atoms with van der Waals surface area (Å²) in [6, 6.07) is 6.87. The molecule has 20 heavy (non-hydrogen) atoms. The van der Waals surface area contributed by atoms with Crippen molar-refractivity contribution < 1.29 is 0 Å². The molecule has 2 aliphatic carbocycles. The largest absolute Gasteiger partial charge is 0.352 e. The fraction of sp³-hybridized carbons (Fsp3) is 0.588. The Labute approximate surface area is 124 Å². The van der Waals surface area contributed by atoms with Crippen molar-refractivity contribution in [3.8, 4) is 0 Å². The first-order valence-corrected chi connectivity index (χ1v) is 8.28. The van der Waals surface area contributed by atoms with E-state index in [9.17, 15) is 0 Å². The number of hydrogen-bond donors (Lipinski definition) is 0. The van der Waals surface area contributed by atoms with Gasteiger partial charge in [0.05, 0.1) is 5.69 Å². The first kappa shape index (κ1) is 11.6. The van der Waals surface area contributed by atoms with Crippen LogP contribution in [-0.4, -0.2) is 16.8 Å². The molecule has 0 amide bonds. The van der Waals surface area contributed by atoms with Gasteiger partial charge >= 0.3 is 0 Å². The van der Waals surface area contributed by atoms with Crippen LogP contribution in [0.15, 0.2) is 23.2 Å². The van der Waals surface area contributed by atoms with Crippen LogP contribution in [0.1, 0.15) is 37.7 Å². The Bertz CT molecular complexity index is 595. The molecule has 0 aromatic heterocycles. The molecule has 1 aromatic rings. The Morgan fingerprint density at radius 3 is 2.65 bits per heavy atom. The van der Waals surface area contributed by atoms with E-state index in [4.69, 9.17) is 16.6 Å². The highest BCUT2D eigenvalue weighted by Crippen LogP contribution is 2.50. The number of halogens is 1. The molecule has 4 fully saturated rings. The number of rotatable bonds is 0. The van der Waals surface area contributed by atoms with E-state index >= 15 is 0 Å². The van der Waals surface area contributed by atoms with Gasteiger partial charge in [-0.1, -0.05) is 17.7 Å². The molecule has 2 nitrogen and oxygen atoms in total. The molecule has 104 valence electrons. The molecule has 0 spiro atoms. The molecular weight excluding hydrogens is 268 g/mol. The zero-order valence-electron chi connectivity index (χ0n) is 11.6. The van der Waals surface area contributed by atoms with Crippen LogP contribution in [0, 0.1) is 17.8 Å². The minimum atomic E-state index is 0.707. The quantitative estimate of drug-likeness (QED) is 0.690. The first-order chi connectivity index (χ1) is 9.78. The monoisotopic (exact) mass is 286 g/mol. The lowest BCUT2D eigenvalue weighted by Gasteiger charge is -2.39. The maximum Gasteiger partial charge on any atom is 0.108 e. The smallest absolute Gasteiger partial charge is 0.108 e. The topological polar surface area (TPSA) is 15.6 Å². The van der Waals surface area contributed by atoms with Gasteiger partial charge in [0, 0.05) is 29.1 Å². The van der Waals surface area contributed by atoms with Gasteiger partial charge in [-0.15, -0.1) is 0 Å². The summed E-state index contributed by atoms with van der Waals surface area (Å²) in [5.74, 6) is 3.99. The van der Waals surface area contributed by atoms with Gasteiger partial charge in [-0.25, -0.2) is 4.99 Å². The molecule has 6 rings (SSSR count). The lowest BCUT2D eigenvalue weighted by atomic mass is 9.68. The third kappa shape index (κ3) is 1.54. The summed E-state index contributed by atoms with van der Waals surface area (Å²) in [6.45, 7) is 0.981. The van der Waals surface area contributed by atoms with E-state index in [0.29, 0.717) is 5.92 Å². The highest BCUT2D eigenvalue weighted by atomic mass is 35.5. The van der Waals surface area contributed by atoms with Crippen molar-refractivity contribution in [3.63, 3.8) is 0 Å². The molecule has 4 bridgehead atoms. The second kappa shape index (κ2) is 4.00.